The molecule has 2 fully saturated rings. The first kappa shape index (κ1) is 18.5. The van der Waals surface area contributed by atoms with E-state index in [1.165, 1.54) is 6.33 Å². The van der Waals surface area contributed by atoms with Gasteiger partial charge < -0.3 is 9.80 Å². The first-order valence-electron chi connectivity index (χ1n) is 9.79. The van der Waals surface area contributed by atoms with Crippen LogP contribution in [0.1, 0.15) is 47.3 Å². The predicted molar refractivity (Wildman–Crippen MR) is 103 cm³/mol. The quantitative estimate of drug-likeness (QED) is 0.817. The van der Waals surface area contributed by atoms with E-state index in [2.05, 4.69) is 15.0 Å². The van der Waals surface area contributed by atoms with Crippen molar-refractivity contribution in [2.24, 2.45) is 5.41 Å². The maximum atomic E-state index is 12.8. The second kappa shape index (κ2) is 7.66. The van der Waals surface area contributed by atoms with Gasteiger partial charge in [-0.05, 0) is 49.3 Å². The Balaban J connectivity index is 1.41. The van der Waals surface area contributed by atoms with E-state index in [4.69, 9.17) is 0 Å². The fourth-order valence-electron chi connectivity index (χ4n) is 4.32. The molecule has 0 radical (unpaired) electrons. The number of nitrogens with zero attached hydrogens (tertiary/aromatic N) is 5. The van der Waals surface area contributed by atoms with Crippen LogP contribution in [0, 0.1) is 12.3 Å². The molecule has 2 aliphatic heterocycles. The van der Waals surface area contributed by atoms with Crippen molar-refractivity contribution >= 4 is 11.8 Å². The third kappa shape index (κ3) is 3.74. The van der Waals surface area contributed by atoms with Crippen molar-refractivity contribution in [3.63, 3.8) is 0 Å². The Morgan fingerprint density at radius 2 is 1.89 bits per heavy atom. The van der Waals surface area contributed by atoms with Gasteiger partial charge in [-0.3, -0.25) is 14.6 Å². The number of aryl methyl sites for hydroxylation is 1. The second-order valence-electron chi connectivity index (χ2n) is 7.92. The SMILES string of the molecule is Cc1ncncc1C(=O)N1CCC2(CCC(=O)N(Cc3ccncc3)C2)CC1. The van der Waals surface area contributed by atoms with Crippen molar-refractivity contribution in [3.8, 4) is 0 Å². The summed E-state index contributed by atoms with van der Waals surface area (Å²) in [6.07, 6.45) is 9.94. The van der Waals surface area contributed by atoms with Crippen LogP contribution in [0.3, 0.4) is 0 Å². The number of hydrogen-bond donors (Lipinski definition) is 0. The van der Waals surface area contributed by atoms with E-state index in [0.717, 1.165) is 31.4 Å². The normalized spacial score (nSPS) is 19.1. The van der Waals surface area contributed by atoms with Crippen molar-refractivity contribution in [2.45, 2.75) is 39.2 Å². The van der Waals surface area contributed by atoms with Gasteiger partial charge in [0.1, 0.15) is 6.33 Å². The number of likely N-dealkylation sites (tertiary alicyclic amines) is 2. The van der Waals surface area contributed by atoms with Crippen LogP contribution >= 0.6 is 0 Å². The largest absolute Gasteiger partial charge is 0.339 e. The van der Waals surface area contributed by atoms with Gasteiger partial charge in [0, 0.05) is 51.2 Å². The summed E-state index contributed by atoms with van der Waals surface area (Å²) in [5.41, 5.74) is 2.51. The average Bonchev–Trinajstić information content (AvgIpc) is 2.72. The summed E-state index contributed by atoms with van der Waals surface area (Å²) in [7, 11) is 0. The van der Waals surface area contributed by atoms with Gasteiger partial charge in [0.25, 0.3) is 5.91 Å². The van der Waals surface area contributed by atoms with E-state index in [0.29, 0.717) is 37.3 Å². The fourth-order valence-corrected chi connectivity index (χ4v) is 4.32. The Bertz CT molecular complexity index is 862. The standard InChI is InChI=1S/C21H25N5O2/c1-16-18(12-23-15-24-16)20(28)25-10-6-21(7-11-25)5-2-19(27)26(14-21)13-17-3-8-22-9-4-17/h3-4,8-9,12,15H,2,5-7,10-11,13-14H2,1H3. The lowest BCUT2D eigenvalue weighted by Crippen LogP contribution is -2.52. The first-order chi connectivity index (χ1) is 13.6. The summed E-state index contributed by atoms with van der Waals surface area (Å²) < 4.78 is 0. The molecule has 2 aromatic rings. The topological polar surface area (TPSA) is 79.3 Å². The molecule has 0 N–H and O–H groups in total. The maximum Gasteiger partial charge on any atom is 0.257 e. The summed E-state index contributed by atoms with van der Waals surface area (Å²) >= 11 is 0. The number of piperidine rings is 2. The number of amides is 2. The second-order valence-corrected chi connectivity index (χ2v) is 7.92. The van der Waals surface area contributed by atoms with Crippen molar-refractivity contribution in [1.29, 1.82) is 0 Å². The van der Waals surface area contributed by atoms with Crippen LogP contribution in [0.5, 0.6) is 0 Å². The van der Waals surface area contributed by atoms with Crippen LogP contribution in [-0.2, 0) is 11.3 Å². The van der Waals surface area contributed by atoms with Gasteiger partial charge in [-0.1, -0.05) is 0 Å². The smallest absolute Gasteiger partial charge is 0.257 e. The molecule has 1 spiro atoms. The molecule has 2 aromatic heterocycles. The molecule has 0 unspecified atom stereocenters. The highest BCUT2D eigenvalue weighted by Crippen LogP contribution is 2.40. The lowest BCUT2D eigenvalue weighted by atomic mass is 9.72. The molecule has 0 atom stereocenters. The summed E-state index contributed by atoms with van der Waals surface area (Å²) in [6.45, 7) is 4.66. The number of carbonyl (C=O) groups is 2. The van der Waals surface area contributed by atoms with E-state index in [1.54, 1.807) is 18.6 Å². The highest BCUT2D eigenvalue weighted by atomic mass is 16.2. The van der Waals surface area contributed by atoms with Crippen LogP contribution in [0.2, 0.25) is 0 Å². The minimum atomic E-state index is 0.00785. The van der Waals surface area contributed by atoms with Gasteiger partial charge in [0.15, 0.2) is 0 Å². The van der Waals surface area contributed by atoms with Gasteiger partial charge in [0.2, 0.25) is 5.91 Å². The Labute approximate surface area is 164 Å². The summed E-state index contributed by atoms with van der Waals surface area (Å²) in [4.78, 5) is 41.3. The maximum absolute atomic E-state index is 12.8. The molecule has 0 aliphatic carbocycles. The first-order valence-corrected chi connectivity index (χ1v) is 9.79. The highest BCUT2D eigenvalue weighted by Gasteiger charge is 2.41. The number of rotatable bonds is 3. The van der Waals surface area contributed by atoms with Gasteiger partial charge in [-0.15, -0.1) is 0 Å². The van der Waals surface area contributed by atoms with Gasteiger partial charge >= 0.3 is 0 Å². The molecule has 4 rings (SSSR count). The molecule has 146 valence electrons. The van der Waals surface area contributed by atoms with Crippen LogP contribution in [0.15, 0.2) is 37.1 Å². The Morgan fingerprint density at radius 3 is 2.61 bits per heavy atom. The highest BCUT2D eigenvalue weighted by molar-refractivity contribution is 5.95. The molecule has 2 aliphatic rings. The summed E-state index contributed by atoms with van der Waals surface area (Å²) in [5, 5.41) is 0. The molecule has 0 aromatic carbocycles. The van der Waals surface area contributed by atoms with Crippen molar-refractivity contribution in [3.05, 3.63) is 53.9 Å². The van der Waals surface area contributed by atoms with E-state index >= 15 is 0 Å². The molecule has 0 saturated carbocycles. The van der Waals surface area contributed by atoms with Crippen molar-refractivity contribution in [2.75, 3.05) is 19.6 Å². The van der Waals surface area contributed by atoms with Crippen LogP contribution < -0.4 is 0 Å². The van der Waals surface area contributed by atoms with Gasteiger partial charge in [-0.25, -0.2) is 9.97 Å². The van der Waals surface area contributed by atoms with Crippen molar-refractivity contribution < 1.29 is 9.59 Å². The van der Waals surface area contributed by atoms with E-state index < -0.39 is 0 Å². The Morgan fingerprint density at radius 1 is 1.14 bits per heavy atom. The van der Waals surface area contributed by atoms with Gasteiger partial charge in [0.05, 0.1) is 11.3 Å². The van der Waals surface area contributed by atoms with E-state index in [-0.39, 0.29) is 17.2 Å². The number of hydrogen-bond acceptors (Lipinski definition) is 5. The molecule has 0 bridgehead atoms. The zero-order valence-electron chi connectivity index (χ0n) is 16.2. The molecule has 28 heavy (non-hydrogen) atoms. The van der Waals surface area contributed by atoms with E-state index in [1.807, 2.05) is 28.9 Å². The summed E-state index contributed by atoms with van der Waals surface area (Å²) in [6, 6.07) is 3.92. The minimum absolute atomic E-state index is 0.00785. The average molecular weight is 379 g/mol. The fraction of sp³-hybridized carbons (Fsp3) is 0.476. The van der Waals surface area contributed by atoms with Crippen LogP contribution in [0.4, 0.5) is 0 Å². The van der Waals surface area contributed by atoms with Crippen LogP contribution in [-0.4, -0.2) is 56.2 Å². The third-order valence-electron chi connectivity index (χ3n) is 6.12. The number of carbonyl (C=O) groups excluding carboxylic acids is 2. The van der Waals surface area contributed by atoms with Gasteiger partial charge in [-0.2, -0.15) is 0 Å². The minimum Gasteiger partial charge on any atom is -0.339 e. The molecule has 4 heterocycles. The molecular weight excluding hydrogens is 354 g/mol. The lowest BCUT2D eigenvalue weighted by molar-refractivity contribution is -0.139. The Kier molecular flexibility index (Phi) is 5.07. The third-order valence-corrected chi connectivity index (χ3v) is 6.12. The number of pyridine rings is 1. The zero-order chi connectivity index (χ0) is 19.6. The molecule has 7 heteroatoms. The number of aromatic nitrogens is 3. The van der Waals surface area contributed by atoms with Crippen LogP contribution in [0.25, 0.3) is 0 Å². The predicted octanol–water partition coefficient (Wildman–Crippen LogP) is 2.23. The monoisotopic (exact) mass is 379 g/mol. The molecular formula is C21H25N5O2. The van der Waals surface area contributed by atoms with Crippen molar-refractivity contribution in [1.82, 2.24) is 24.8 Å². The molecule has 2 saturated heterocycles. The summed E-state index contributed by atoms with van der Waals surface area (Å²) in [5.74, 6) is 0.228. The van der Waals surface area contributed by atoms with E-state index in [9.17, 15) is 9.59 Å². The zero-order valence-corrected chi connectivity index (χ0v) is 16.2. The molecule has 2 amide bonds. The lowest BCUT2D eigenvalue weighted by Gasteiger charge is -2.47. The molecule has 7 nitrogen and oxygen atoms in total. The Hall–Kier alpha value is -2.83.